The molecule has 0 N–H and O–H groups in total. The van der Waals surface area contributed by atoms with Gasteiger partial charge in [0.05, 0.1) is 5.69 Å². The molecule has 68 valence electrons. The van der Waals surface area contributed by atoms with Crippen LogP contribution in [0.15, 0.2) is 15.5 Å². The van der Waals surface area contributed by atoms with E-state index < -0.39 is 0 Å². The fraction of sp³-hybridized carbons (Fsp3) is 0.300. The summed E-state index contributed by atoms with van der Waals surface area (Å²) in [6, 6.07) is 1.99. The minimum atomic E-state index is 0.715. The van der Waals surface area contributed by atoms with Crippen molar-refractivity contribution in [1.29, 1.82) is 0 Å². The number of carbonyl (C=O) groups excluding carboxylic acids is 1. The van der Waals surface area contributed by atoms with E-state index in [4.69, 9.17) is 0 Å². The van der Waals surface area contributed by atoms with Gasteiger partial charge in [-0.1, -0.05) is 22.0 Å². The lowest BCUT2D eigenvalue weighted by Crippen LogP contribution is -1.86. The quantitative estimate of drug-likeness (QED) is 0.546. The smallest absolute Gasteiger partial charge is 0.211 e. The SMILES string of the molecule is Cc1cc(C)c(N=C=O)c(C)c1Br. The van der Waals surface area contributed by atoms with Crippen molar-refractivity contribution in [3.63, 3.8) is 0 Å². The van der Waals surface area contributed by atoms with Crippen LogP contribution in [0, 0.1) is 20.8 Å². The van der Waals surface area contributed by atoms with Crippen molar-refractivity contribution in [3.05, 3.63) is 27.2 Å². The van der Waals surface area contributed by atoms with Crippen LogP contribution in [-0.2, 0) is 4.79 Å². The van der Waals surface area contributed by atoms with Gasteiger partial charge in [-0.2, -0.15) is 4.99 Å². The van der Waals surface area contributed by atoms with Crippen LogP contribution < -0.4 is 0 Å². The summed E-state index contributed by atoms with van der Waals surface area (Å²) < 4.78 is 1.01. The van der Waals surface area contributed by atoms with Crippen molar-refractivity contribution in [3.8, 4) is 0 Å². The van der Waals surface area contributed by atoms with Gasteiger partial charge in [-0.25, -0.2) is 4.79 Å². The summed E-state index contributed by atoms with van der Waals surface area (Å²) in [5.74, 6) is 0. The monoisotopic (exact) mass is 239 g/mol. The lowest BCUT2D eigenvalue weighted by atomic mass is 10.1. The summed E-state index contributed by atoms with van der Waals surface area (Å²) in [5, 5.41) is 0. The second-order valence-electron chi connectivity index (χ2n) is 3.00. The summed E-state index contributed by atoms with van der Waals surface area (Å²) in [6.45, 7) is 5.88. The van der Waals surface area contributed by atoms with E-state index in [1.54, 1.807) is 6.08 Å². The molecule has 1 aromatic carbocycles. The molecule has 0 amide bonds. The topological polar surface area (TPSA) is 29.4 Å². The first-order valence-electron chi connectivity index (χ1n) is 3.92. The Balaban J connectivity index is 3.52. The third kappa shape index (κ3) is 1.87. The van der Waals surface area contributed by atoms with E-state index in [1.807, 2.05) is 26.8 Å². The van der Waals surface area contributed by atoms with E-state index >= 15 is 0 Å². The zero-order chi connectivity index (χ0) is 10.0. The molecule has 1 aromatic rings. The number of halogens is 1. The minimum absolute atomic E-state index is 0.715. The first-order valence-corrected chi connectivity index (χ1v) is 4.71. The number of isocyanates is 1. The third-order valence-electron chi connectivity index (χ3n) is 1.99. The Bertz CT molecular complexity index is 392. The highest BCUT2D eigenvalue weighted by atomic mass is 79.9. The van der Waals surface area contributed by atoms with Gasteiger partial charge in [0.1, 0.15) is 0 Å². The Morgan fingerprint density at radius 2 is 1.92 bits per heavy atom. The van der Waals surface area contributed by atoms with E-state index in [-0.39, 0.29) is 0 Å². The van der Waals surface area contributed by atoms with E-state index in [0.717, 1.165) is 21.2 Å². The molecule has 3 heteroatoms. The molecule has 0 fully saturated rings. The van der Waals surface area contributed by atoms with Crippen LogP contribution >= 0.6 is 15.9 Å². The Morgan fingerprint density at radius 1 is 1.31 bits per heavy atom. The van der Waals surface area contributed by atoms with Gasteiger partial charge >= 0.3 is 0 Å². The molecule has 13 heavy (non-hydrogen) atoms. The Labute approximate surface area is 85.8 Å². The molecule has 0 aliphatic rings. The van der Waals surface area contributed by atoms with Crippen molar-refractivity contribution in [2.45, 2.75) is 20.8 Å². The maximum absolute atomic E-state index is 10.2. The molecule has 2 nitrogen and oxygen atoms in total. The normalized spacial score (nSPS) is 9.54. The van der Waals surface area contributed by atoms with Crippen molar-refractivity contribution in [2.75, 3.05) is 0 Å². The molecular formula is C10H10BrNO. The maximum Gasteiger partial charge on any atom is 0.240 e. The lowest BCUT2D eigenvalue weighted by molar-refractivity contribution is 0.565. The molecule has 0 atom stereocenters. The van der Waals surface area contributed by atoms with Gasteiger partial charge in [-0.3, -0.25) is 0 Å². The van der Waals surface area contributed by atoms with Crippen molar-refractivity contribution >= 4 is 27.7 Å². The van der Waals surface area contributed by atoms with Crippen LogP contribution in [-0.4, -0.2) is 6.08 Å². The standard InChI is InChI=1S/C10H10BrNO/c1-6-4-7(2)10(12-5-13)8(3)9(6)11/h4H,1-3H3. The fourth-order valence-corrected chi connectivity index (χ4v) is 1.67. The number of aryl methyl sites for hydroxylation is 2. The Hall–Kier alpha value is -0.920. The first kappa shape index (κ1) is 10.2. The number of rotatable bonds is 1. The molecule has 0 unspecified atom stereocenters. The van der Waals surface area contributed by atoms with Gasteiger partial charge in [0.2, 0.25) is 6.08 Å². The summed E-state index contributed by atoms with van der Waals surface area (Å²) in [5.41, 5.74) is 3.86. The summed E-state index contributed by atoms with van der Waals surface area (Å²) in [4.78, 5) is 13.8. The van der Waals surface area contributed by atoms with Crippen LogP contribution in [0.5, 0.6) is 0 Å². The number of benzene rings is 1. The molecule has 0 radical (unpaired) electrons. The van der Waals surface area contributed by atoms with E-state index in [0.29, 0.717) is 5.69 Å². The molecule has 0 spiro atoms. The van der Waals surface area contributed by atoms with Gasteiger partial charge in [0.25, 0.3) is 0 Å². The third-order valence-corrected chi connectivity index (χ3v) is 3.21. The van der Waals surface area contributed by atoms with Crippen LogP contribution in [0.4, 0.5) is 5.69 Å². The van der Waals surface area contributed by atoms with Crippen LogP contribution in [0.3, 0.4) is 0 Å². The van der Waals surface area contributed by atoms with E-state index in [1.165, 1.54) is 0 Å². The zero-order valence-electron chi connectivity index (χ0n) is 7.81. The molecule has 0 saturated heterocycles. The minimum Gasteiger partial charge on any atom is -0.211 e. The van der Waals surface area contributed by atoms with E-state index in [2.05, 4.69) is 20.9 Å². The van der Waals surface area contributed by atoms with Gasteiger partial charge in [-0.05, 0) is 37.5 Å². The predicted octanol–water partition coefficient (Wildman–Crippen LogP) is 3.34. The second-order valence-corrected chi connectivity index (χ2v) is 3.79. The van der Waals surface area contributed by atoms with Crippen LogP contribution in [0.1, 0.15) is 16.7 Å². The highest BCUT2D eigenvalue weighted by Crippen LogP contribution is 2.32. The second kappa shape index (κ2) is 3.86. The van der Waals surface area contributed by atoms with Crippen LogP contribution in [0.2, 0.25) is 0 Å². The highest BCUT2D eigenvalue weighted by molar-refractivity contribution is 9.10. The predicted molar refractivity (Wildman–Crippen MR) is 56.1 cm³/mol. The largest absolute Gasteiger partial charge is 0.240 e. The van der Waals surface area contributed by atoms with Crippen molar-refractivity contribution < 1.29 is 4.79 Å². The van der Waals surface area contributed by atoms with Crippen LogP contribution in [0.25, 0.3) is 0 Å². The molecule has 0 bridgehead atoms. The molecule has 0 aliphatic carbocycles. The van der Waals surface area contributed by atoms with E-state index in [9.17, 15) is 4.79 Å². The first-order chi connectivity index (χ1) is 6.07. The Morgan fingerprint density at radius 3 is 2.46 bits per heavy atom. The Kier molecular flexibility index (Phi) is 3.02. The zero-order valence-corrected chi connectivity index (χ0v) is 9.40. The number of hydrogen-bond donors (Lipinski definition) is 0. The van der Waals surface area contributed by atoms with Gasteiger partial charge < -0.3 is 0 Å². The molecule has 1 rings (SSSR count). The van der Waals surface area contributed by atoms with Gasteiger partial charge in [-0.15, -0.1) is 0 Å². The average Bonchev–Trinajstić information content (AvgIpc) is 2.09. The molecule has 0 saturated carbocycles. The molecule has 0 aromatic heterocycles. The summed E-state index contributed by atoms with van der Waals surface area (Å²) in [7, 11) is 0. The molecule has 0 heterocycles. The average molecular weight is 240 g/mol. The number of hydrogen-bond acceptors (Lipinski definition) is 2. The fourth-order valence-electron chi connectivity index (χ4n) is 1.37. The maximum atomic E-state index is 10.2. The van der Waals surface area contributed by atoms with Gasteiger partial charge in [0, 0.05) is 4.47 Å². The number of aliphatic imine (C=N–C) groups is 1. The van der Waals surface area contributed by atoms with Gasteiger partial charge in [0.15, 0.2) is 0 Å². The number of nitrogens with zero attached hydrogens (tertiary/aromatic N) is 1. The lowest BCUT2D eigenvalue weighted by Gasteiger charge is -2.08. The summed E-state index contributed by atoms with van der Waals surface area (Å²) >= 11 is 3.44. The molecule has 0 aliphatic heterocycles. The van der Waals surface area contributed by atoms with Crippen molar-refractivity contribution in [1.82, 2.24) is 0 Å². The molecular weight excluding hydrogens is 230 g/mol. The highest BCUT2D eigenvalue weighted by Gasteiger charge is 2.07. The van der Waals surface area contributed by atoms with Crippen molar-refractivity contribution in [2.24, 2.45) is 4.99 Å². The summed E-state index contributed by atoms with van der Waals surface area (Å²) in [6.07, 6.45) is 1.57.